The lowest BCUT2D eigenvalue weighted by Gasteiger charge is -2.36. The van der Waals surface area contributed by atoms with Gasteiger partial charge in [-0.15, -0.1) is 22.7 Å². The fraction of sp³-hybridized carbons (Fsp3) is 0.565. The maximum atomic E-state index is 13.7. The summed E-state index contributed by atoms with van der Waals surface area (Å²) in [6.07, 6.45) is 14.0. The SMILES string of the molecule is CCOC(=O)c1c(N/N=C(/C(C)=O)C(c2ccc(C(/C(=N\Nc3sc4c(c3C(=O)OCC)CCCC4)C(C)=O)N3CCCCC3)cc2)N2CCCCC2)sc2c1CCCC2. The number of esters is 2. The molecule has 14 heteroatoms. The van der Waals surface area contributed by atoms with Crippen molar-refractivity contribution in [2.75, 3.05) is 50.2 Å². The van der Waals surface area contributed by atoms with Gasteiger partial charge in [0.05, 0.1) is 36.4 Å². The van der Waals surface area contributed by atoms with Crippen molar-refractivity contribution in [1.82, 2.24) is 9.80 Å². The van der Waals surface area contributed by atoms with E-state index in [9.17, 15) is 19.2 Å². The van der Waals surface area contributed by atoms with Crippen LogP contribution in [0.4, 0.5) is 10.0 Å². The van der Waals surface area contributed by atoms with E-state index >= 15 is 0 Å². The zero-order valence-corrected chi connectivity index (χ0v) is 37.3. The van der Waals surface area contributed by atoms with Gasteiger partial charge in [-0.3, -0.25) is 30.2 Å². The van der Waals surface area contributed by atoms with E-state index in [2.05, 4.69) is 44.9 Å². The van der Waals surface area contributed by atoms with Crippen molar-refractivity contribution < 1.29 is 28.7 Å². The first-order valence-corrected chi connectivity index (χ1v) is 23.7. The number of hydrazone groups is 2. The number of fused-ring (bicyclic) bond motifs is 2. The van der Waals surface area contributed by atoms with Crippen LogP contribution in [-0.4, -0.2) is 84.1 Å². The number of nitrogens with one attached hydrogen (secondary N) is 2. The summed E-state index contributed by atoms with van der Waals surface area (Å²) in [7, 11) is 0. The predicted molar refractivity (Wildman–Crippen MR) is 240 cm³/mol. The number of Topliss-reactive ketones (excluding diaryl/α,β-unsaturated/α-hetero) is 2. The molecule has 12 nitrogen and oxygen atoms in total. The standard InChI is InChI=1S/C46H60N6O6S2/c1-5-57-45(55)37-33-17-9-11-19-35(33)59-43(37)49-47-39(29(3)53)41(51-25-13-7-14-26-51)31-21-23-32(24-22-31)42(52-27-15-8-16-28-52)40(30(4)54)48-50-44-38(46(56)58-6-2)34-18-10-12-20-36(34)60-44/h21-24,41-42,49-50H,5-20,25-28H2,1-4H3/b47-39-,48-40-. The van der Waals surface area contributed by atoms with Crippen LogP contribution in [0.3, 0.4) is 0 Å². The van der Waals surface area contributed by atoms with Crippen molar-refractivity contribution in [2.24, 2.45) is 10.2 Å². The van der Waals surface area contributed by atoms with Crippen LogP contribution in [-0.2, 0) is 44.7 Å². The lowest BCUT2D eigenvalue weighted by Crippen LogP contribution is -2.41. The molecule has 4 aliphatic rings. The van der Waals surface area contributed by atoms with Crippen LogP contribution < -0.4 is 10.9 Å². The van der Waals surface area contributed by atoms with Crippen molar-refractivity contribution in [3.05, 3.63) is 67.4 Å². The van der Waals surface area contributed by atoms with Gasteiger partial charge in [-0.1, -0.05) is 37.1 Å². The minimum Gasteiger partial charge on any atom is -0.462 e. The highest BCUT2D eigenvalue weighted by Gasteiger charge is 2.34. The minimum atomic E-state index is -0.424. The number of carbonyl (C=O) groups excluding carboxylic acids is 4. The summed E-state index contributed by atoms with van der Waals surface area (Å²) < 4.78 is 11.0. The van der Waals surface area contributed by atoms with Gasteiger partial charge in [0.2, 0.25) is 0 Å². The molecular formula is C46H60N6O6S2. The van der Waals surface area contributed by atoms with Crippen LogP contribution in [0.2, 0.25) is 0 Å². The van der Waals surface area contributed by atoms with Crippen molar-refractivity contribution in [3.8, 4) is 0 Å². The maximum Gasteiger partial charge on any atom is 0.341 e. The largest absolute Gasteiger partial charge is 0.462 e. The Bertz CT molecular complexity index is 1950. The molecule has 0 radical (unpaired) electrons. The molecule has 2 aliphatic carbocycles. The molecule has 0 bridgehead atoms. The molecule has 0 saturated carbocycles. The summed E-state index contributed by atoms with van der Waals surface area (Å²) >= 11 is 3.07. The van der Waals surface area contributed by atoms with Crippen LogP contribution in [0, 0.1) is 0 Å². The smallest absolute Gasteiger partial charge is 0.341 e. The fourth-order valence-corrected chi connectivity index (χ4v) is 11.8. The van der Waals surface area contributed by atoms with Crippen molar-refractivity contribution >= 4 is 67.6 Å². The van der Waals surface area contributed by atoms with Gasteiger partial charge in [-0.05, 0) is 139 Å². The number of carbonyl (C=O) groups is 4. The number of piperidine rings is 2. The predicted octanol–water partition coefficient (Wildman–Crippen LogP) is 9.09. The molecule has 322 valence electrons. The molecule has 60 heavy (non-hydrogen) atoms. The number of ketones is 2. The number of nitrogens with zero attached hydrogens (tertiary/aromatic N) is 4. The van der Waals surface area contributed by atoms with E-state index in [1.807, 2.05) is 13.8 Å². The van der Waals surface area contributed by atoms with Crippen LogP contribution in [0.25, 0.3) is 0 Å². The van der Waals surface area contributed by atoms with Gasteiger partial charge in [0.15, 0.2) is 11.6 Å². The highest BCUT2D eigenvalue weighted by molar-refractivity contribution is 7.17. The minimum absolute atomic E-state index is 0.151. The lowest BCUT2D eigenvalue weighted by atomic mass is 9.91. The number of hydrogen-bond acceptors (Lipinski definition) is 14. The Kier molecular flexibility index (Phi) is 15.0. The van der Waals surface area contributed by atoms with Crippen LogP contribution >= 0.6 is 22.7 Å². The topological polar surface area (TPSA) is 142 Å². The molecule has 7 rings (SSSR count). The molecule has 2 unspecified atom stereocenters. The van der Waals surface area contributed by atoms with E-state index in [-0.39, 0.29) is 36.7 Å². The molecule has 2 aromatic heterocycles. The molecule has 2 fully saturated rings. The number of ether oxygens (including phenoxy) is 2. The van der Waals surface area contributed by atoms with E-state index < -0.39 is 12.1 Å². The number of benzene rings is 1. The third-order valence-electron chi connectivity index (χ3n) is 12.2. The molecule has 2 saturated heterocycles. The van der Waals surface area contributed by atoms with Gasteiger partial charge in [0.25, 0.3) is 0 Å². The van der Waals surface area contributed by atoms with E-state index in [4.69, 9.17) is 19.7 Å². The average Bonchev–Trinajstić information content (AvgIpc) is 3.83. The fourth-order valence-electron chi connectivity index (χ4n) is 9.31. The van der Waals surface area contributed by atoms with Gasteiger partial charge in [0, 0.05) is 23.6 Å². The normalized spacial score (nSPS) is 18.8. The third-order valence-corrected chi connectivity index (χ3v) is 14.6. The second-order valence-corrected chi connectivity index (χ2v) is 18.5. The van der Waals surface area contributed by atoms with Crippen LogP contribution in [0.5, 0.6) is 0 Å². The second kappa shape index (κ2) is 20.5. The number of anilines is 2. The molecule has 1 aromatic carbocycles. The number of aryl methyl sites for hydroxylation is 2. The molecule has 2 aliphatic heterocycles. The summed E-state index contributed by atoms with van der Waals surface area (Å²) in [6.45, 7) is 10.6. The number of likely N-dealkylation sites (tertiary alicyclic amines) is 2. The first-order valence-electron chi connectivity index (χ1n) is 22.1. The van der Waals surface area contributed by atoms with Gasteiger partial charge >= 0.3 is 11.9 Å². The summed E-state index contributed by atoms with van der Waals surface area (Å²) in [5.74, 6) is -1.02. The molecule has 2 atom stereocenters. The highest BCUT2D eigenvalue weighted by atomic mass is 32.1. The Labute approximate surface area is 362 Å². The quantitative estimate of drug-likeness (QED) is 0.0814. The Morgan fingerprint density at radius 3 is 1.30 bits per heavy atom. The van der Waals surface area contributed by atoms with Gasteiger partial charge in [-0.2, -0.15) is 10.2 Å². The van der Waals surface area contributed by atoms with E-state index in [1.54, 1.807) is 13.8 Å². The molecule has 2 N–H and O–H groups in total. The second-order valence-electron chi connectivity index (χ2n) is 16.3. The van der Waals surface area contributed by atoms with Crippen molar-refractivity contribution in [2.45, 2.75) is 130 Å². The van der Waals surface area contributed by atoms with Gasteiger partial charge < -0.3 is 9.47 Å². The number of hydrogen-bond donors (Lipinski definition) is 2. The Hall–Kier alpha value is -4.24. The first kappa shape index (κ1) is 43.8. The zero-order chi connectivity index (χ0) is 42.2. The Morgan fingerprint density at radius 1 is 0.583 bits per heavy atom. The molecule has 4 heterocycles. The first-order chi connectivity index (χ1) is 29.2. The van der Waals surface area contributed by atoms with Crippen molar-refractivity contribution in [3.63, 3.8) is 0 Å². The van der Waals surface area contributed by atoms with Crippen molar-refractivity contribution in [1.29, 1.82) is 0 Å². The zero-order valence-electron chi connectivity index (χ0n) is 35.7. The summed E-state index contributed by atoms with van der Waals surface area (Å²) in [4.78, 5) is 60.9. The Morgan fingerprint density at radius 2 is 0.950 bits per heavy atom. The van der Waals surface area contributed by atoms with E-state index in [1.165, 1.54) is 32.4 Å². The molecule has 0 amide bonds. The van der Waals surface area contributed by atoms with Gasteiger partial charge in [0.1, 0.15) is 21.4 Å². The average molecular weight is 857 g/mol. The molecular weight excluding hydrogens is 797 g/mol. The highest BCUT2D eigenvalue weighted by Crippen LogP contribution is 2.41. The lowest BCUT2D eigenvalue weighted by molar-refractivity contribution is -0.112. The maximum absolute atomic E-state index is 13.7. The number of thiophene rings is 2. The van der Waals surface area contributed by atoms with Crippen LogP contribution in [0.15, 0.2) is 34.5 Å². The molecule has 3 aromatic rings. The monoisotopic (exact) mass is 856 g/mol. The van der Waals surface area contributed by atoms with Crippen LogP contribution in [0.1, 0.15) is 157 Å². The van der Waals surface area contributed by atoms with Gasteiger partial charge in [-0.25, -0.2) is 9.59 Å². The summed E-state index contributed by atoms with van der Waals surface area (Å²) in [5, 5.41) is 10.9. The third kappa shape index (κ3) is 9.77. The Balaban J connectivity index is 1.24. The number of rotatable bonds is 16. The van der Waals surface area contributed by atoms with E-state index in [0.717, 1.165) is 138 Å². The van der Waals surface area contributed by atoms with E-state index in [0.29, 0.717) is 32.6 Å². The summed E-state index contributed by atoms with van der Waals surface area (Å²) in [5.41, 5.74) is 12.2. The summed E-state index contributed by atoms with van der Waals surface area (Å²) in [6, 6.07) is 7.41. The molecule has 0 spiro atoms.